The molecule has 0 spiro atoms. The van der Waals surface area contributed by atoms with Gasteiger partial charge in [0.25, 0.3) is 0 Å². The first-order valence-electron chi connectivity index (χ1n) is 6.58. The van der Waals surface area contributed by atoms with Crippen molar-refractivity contribution in [3.05, 3.63) is 65.2 Å². The summed E-state index contributed by atoms with van der Waals surface area (Å²) < 4.78 is 12.6. The summed E-state index contributed by atoms with van der Waals surface area (Å²) in [5, 5.41) is -0.544. The van der Waals surface area contributed by atoms with Gasteiger partial charge >= 0.3 is 0 Å². The number of Topliss-reactive ketones (excluding diaryl/α,β-unsaturated/α-hetero) is 1. The van der Waals surface area contributed by atoms with Crippen molar-refractivity contribution >= 4 is 16.6 Å². The Hall–Kier alpha value is -1.74. The Kier molecular flexibility index (Phi) is 4.50. The standard InChI is InChI=1S/C17H18O2S/c1-12-9-10-13(2)16(11-12)20(19)14(3)17(18)15-7-5-4-6-8-15/h4-11,14H,1-3H3. The van der Waals surface area contributed by atoms with Crippen molar-refractivity contribution < 1.29 is 9.00 Å². The first-order valence-corrected chi connectivity index (χ1v) is 7.79. The molecular formula is C17H18O2S. The molecule has 20 heavy (non-hydrogen) atoms. The van der Waals surface area contributed by atoms with Gasteiger partial charge in [0.15, 0.2) is 5.78 Å². The SMILES string of the molecule is Cc1ccc(C)c(S(=O)C(C)C(=O)c2ccccc2)c1. The summed E-state index contributed by atoms with van der Waals surface area (Å²) in [5.41, 5.74) is 2.62. The number of hydrogen-bond acceptors (Lipinski definition) is 2. The summed E-state index contributed by atoms with van der Waals surface area (Å²) in [6.45, 7) is 5.61. The Morgan fingerprint density at radius 2 is 1.70 bits per heavy atom. The molecule has 2 unspecified atom stereocenters. The molecule has 0 saturated carbocycles. The van der Waals surface area contributed by atoms with Gasteiger partial charge in [-0.25, -0.2) is 0 Å². The molecule has 0 heterocycles. The summed E-state index contributed by atoms with van der Waals surface area (Å²) >= 11 is 0. The molecule has 0 aliphatic rings. The van der Waals surface area contributed by atoms with Gasteiger partial charge in [-0.2, -0.15) is 0 Å². The van der Waals surface area contributed by atoms with E-state index >= 15 is 0 Å². The van der Waals surface area contributed by atoms with Crippen molar-refractivity contribution in [2.24, 2.45) is 0 Å². The van der Waals surface area contributed by atoms with E-state index in [1.165, 1.54) is 0 Å². The van der Waals surface area contributed by atoms with Crippen molar-refractivity contribution in [2.45, 2.75) is 30.9 Å². The monoisotopic (exact) mass is 286 g/mol. The molecule has 2 aromatic rings. The van der Waals surface area contributed by atoms with Crippen LogP contribution in [-0.4, -0.2) is 15.2 Å². The predicted molar refractivity (Wildman–Crippen MR) is 82.6 cm³/mol. The molecule has 0 bridgehead atoms. The minimum atomic E-state index is -1.33. The highest BCUT2D eigenvalue weighted by Gasteiger charge is 2.23. The number of rotatable bonds is 4. The van der Waals surface area contributed by atoms with Crippen molar-refractivity contribution in [2.75, 3.05) is 0 Å². The zero-order valence-electron chi connectivity index (χ0n) is 11.9. The van der Waals surface area contributed by atoms with Crippen LogP contribution in [0.2, 0.25) is 0 Å². The van der Waals surface area contributed by atoms with E-state index in [2.05, 4.69) is 0 Å². The molecule has 2 rings (SSSR count). The highest BCUT2D eigenvalue weighted by molar-refractivity contribution is 7.86. The molecule has 3 heteroatoms. The van der Waals surface area contributed by atoms with E-state index in [4.69, 9.17) is 0 Å². The lowest BCUT2D eigenvalue weighted by Crippen LogP contribution is -2.23. The first kappa shape index (κ1) is 14.7. The topological polar surface area (TPSA) is 34.1 Å². The van der Waals surface area contributed by atoms with Crippen LogP contribution in [0.4, 0.5) is 0 Å². The van der Waals surface area contributed by atoms with E-state index in [0.717, 1.165) is 16.0 Å². The third-order valence-corrected chi connectivity index (χ3v) is 5.04. The van der Waals surface area contributed by atoms with Crippen LogP contribution in [0.1, 0.15) is 28.4 Å². The average molecular weight is 286 g/mol. The number of benzene rings is 2. The van der Waals surface area contributed by atoms with E-state index in [9.17, 15) is 9.00 Å². The maximum atomic E-state index is 12.6. The van der Waals surface area contributed by atoms with Gasteiger partial charge < -0.3 is 0 Å². The van der Waals surface area contributed by atoms with Gasteiger partial charge in [0.05, 0.1) is 16.0 Å². The van der Waals surface area contributed by atoms with Gasteiger partial charge in [-0.1, -0.05) is 42.5 Å². The highest BCUT2D eigenvalue weighted by Crippen LogP contribution is 2.20. The number of carbonyl (C=O) groups excluding carboxylic acids is 1. The maximum Gasteiger partial charge on any atom is 0.178 e. The van der Waals surface area contributed by atoms with Crippen molar-refractivity contribution in [1.29, 1.82) is 0 Å². The fraction of sp³-hybridized carbons (Fsp3) is 0.235. The van der Waals surface area contributed by atoms with Crippen molar-refractivity contribution in [1.82, 2.24) is 0 Å². The molecule has 2 atom stereocenters. The van der Waals surface area contributed by atoms with Crippen LogP contribution in [0.3, 0.4) is 0 Å². The quantitative estimate of drug-likeness (QED) is 0.803. The second-order valence-electron chi connectivity index (χ2n) is 4.94. The van der Waals surface area contributed by atoms with Crippen LogP contribution in [0.15, 0.2) is 53.4 Å². The van der Waals surface area contributed by atoms with Crippen LogP contribution in [-0.2, 0) is 10.8 Å². The molecular weight excluding hydrogens is 268 g/mol. The second kappa shape index (κ2) is 6.14. The largest absolute Gasteiger partial charge is 0.293 e. The minimum Gasteiger partial charge on any atom is -0.293 e. The third-order valence-electron chi connectivity index (χ3n) is 3.31. The molecule has 0 saturated heterocycles. The van der Waals surface area contributed by atoms with Gasteiger partial charge in [-0.3, -0.25) is 9.00 Å². The predicted octanol–water partition coefficient (Wildman–Crippen LogP) is 3.68. The fourth-order valence-corrected chi connectivity index (χ4v) is 3.45. The van der Waals surface area contributed by atoms with Crippen molar-refractivity contribution in [3.63, 3.8) is 0 Å². The Bertz CT molecular complexity index is 647. The Balaban J connectivity index is 2.29. The zero-order valence-corrected chi connectivity index (χ0v) is 12.7. The molecule has 0 amide bonds. The molecule has 0 N–H and O–H groups in total. The van der Waals surface area contributed by atoms with Gasteiger partial charge in [-0.15, -0.1) is 0 Å². The third kappa shape index (κ3) is 3.05. The average Bonchev–Trinajstić information content (AvgIpc) is 2.48. The molecule has 0 fully saturated rings. The van der Waals surface area contributed by atoms with E-state index < -0.39 is 16.0 Å². The van der Waals surface area contributed by atoms with E-state index in [1.54, 1.807) is 19.1 Å². The van der Waals surface area contributed by atoms with Gasteiger partial charge in [-0.05, 0) is 38.0 Å². The Morgan fingerprint density at radius 1 is 1.05 bits per heavy atom. The van der Waals surface area contributed by atoms with Gasteiger partial charge in [0, 0.05) is 10.5 Å². The number of carbonyl (C=O) groups is 1. The van der Waals surface area contributed by atoms with Gasteiger partial charge in [0.1, 0.15) is 0 Å². The molecule has 0 aromatic heterocycles. The smallest absolute Gasteiger partial charge is 0.178 e. The lowest BCUT2D eigenvalue weighted by Gasteiger charge is -2.13. The minimum absolute atomic E-state index is 0.0789. The van der Waals surface area contributed by atoms with Crippen LogP contribution < -0.4 is 0 Å². The summed E-state index contributed by atoms with van der Waals surface area (Å²) in [5.74, 6) is -0.0789. The molecule has 2 aromatic carbocycles. The van der Waals surface area contributed by atoms with Crippen LogP contribution >= 0.6 is 0 Å². The Morgan fingerprint density at radius 3 is 2.35 bits per heavy atom. The van der Waals surface area contributed by atoms with Crippen LogP contribution in [0.25, 0.3) is 0 Å². The zero-order chi connectivity index (χ0) is 14.7. The van der Waals surface area contributed by atoms with Crippen molar-refractivity contribution in [3.8, 4) is 0 Å². The maximum absolute atomic E-state index is 12.6. The number of aryl methyl sites for hydroxylation is 2. The fourth-order valence-electron chi connectivity index (χ4n) is 2.05. The first-order chi connectivity index (χ1) is 9.50. The molecule has 104 valence electrons. The molecule has 2 nitrogen and oxygen atoms in total. The summed E-state index contributed by atoms with van der Waals surface area (Å²) in [6, 6.07) is 14.9. The second-order valence-corrected chi connectivity index (χ2v) is 6.68. The molecule has 0 radical (unpaired) electrons. The van der Waals surface area contributed by atoms with E-state index in [0.29, 0.717) is 5.56 Å². The Labute approximate surface area is 122 Å². The van der Waals surface area contributed by atoms with E-state index in [-0.39, 0.29) is 5.78 Å². The number of hydrogen-bond donors (Lipinski definition) is 0. The van der Waals surface area contributed by atoms with E-state index in [1.807, 2.05) is 50.2 Å². The molecule has 0 aliphatic heterocycles. The molecule has 0 aliphatic carbocycles. The lowest BCUT2D eigenvalue weighted by molar-refractivity contribution is 0.0992. The highest BCUT2D eigenvalue weighted by atomic mass is 32.2. The number of ketones is 1. The summed E-state index contributed by atoms with van der Waals surface area (Å²) in [7, 11) is -1.33. The van der Waals surface area contributed by atoms with Crippen LogP contribution in [0, 0.1) is 13.8 Å². The lowest BCUT2D eigenvalue weighted by atomic mass is 10.1. The van der Waals surface area contributed by atoms with Crippen LogP contribution in [0.5, 0.6) is 0 Å². The normalized spacial score (nSPS) is 13.8. The summed E-state index contributed by atoms with van der Waals surface area (Å²) in [4.78, 5) is 13.1. The van der Waals surface area contributed by atoms with Gasteiger partial charge in [0.2, 0.25) is 0 Å². The summed E-state index contributed by atoms with van der Waals surface area (Å²) in [6.07, 6.45) is 0.